The summed E-state index contributed by atoms with van der Waals surface area (Å²) in [6, 6.07) is 10.1. The molecule has 1 fully saturated rings. The Kier molecular flexibility index (Phi) is 5.41. The first-order valence-electron chi connectivity index (χ1n) is 7.32. The summed E-state index contributed by atoms with van der Waals surface area (Å²) in [6.07, 6.45) is 1.34. The lowest BCUT2D eigenvalue weighted by Crippen LogP contribution is -2.52. The third-order valence-electron chi connectivity index (χ3n) is 3.70. The van der Waals surface area contributed by atoms with E-state index in [1.165, 1.54) is 0 Å². The lowest BCUT2D eigenvalue weighted by Gasteiger charge is -2.38. The summed E-state index contributed by atoms with van der Waals surface area (Å²) in [6.45, 7) is 5.49. The van der Waals surface area contributed by atoms with Gasteiger partial charge >= 0.3 is 0 Å². The van der Waals surface area contributed by atoms with Gasteiger partial charge < -0.3 is 14.5 Å². The minimum Gasteiger partial charge on any atom is -0.494 e. The number of carbonyl (C=O) groups is 1. The highest BCUT2D eigenvalue weighted by molar-refractivity contribution is 5.76. The molecule has 1 atom stereocenters. The number of likely N-dealkylation sites (N-methyl/N-ethyl adjacent to an activating group) is 1. The van der Waals surface area contributed by atoms with Gasteiger partial charge in [0.2, 0.25) is 5.91 Å². The van der Waals surface area contributed by atoms with Crippen LogP contribution >= 0.6 is 0 Å². The number of hydrogen-bond acceptors (Lipinski definition) is 3. The van der Waals surface area contributed by atoms with Crippen LogP contribution in [0.5, 0.6) is 5.75 Å². The number of benzene rings is 1. The Bertz CT molecular complexity index is 422. The summed E-state index contributed by atoms with van der Waals surface area (Å²) in [5, 5.41) is 0. The maximum Gasteiger partial charge on any atom is 0.223 e. The van der Waals surface area contributed by atoms with Gasteiger partial charge in [0, 0.05) is 32.1 Å². The van der Waals surface area contributed by atoms with Crippen molar-refractivity contribution in [3.8, 4) is 5.75 Å². The van der Waals surface area contributed by atoms with Crippen LogP contribution in [-0.2, 0) is 4.79 Å². The summed E-state index contributed by atoms with van der Waals surface area (Å²) in [5.41, 5.74) is 0. The summed E-state index contributed by atoms with van der Waals surface area (Å²) in [4.78, 5) is 16.5. The van der Waals surface area contributed by atoms with Crippen molar-refractivity contribution in [3.63, 3.8) is 0 Å². The minimum absolute atomic E-state index is 0.252. The molecule has 0 aliphatic carbocycles. The monoisotopic (exact) mass is 276 g/mol. The van der Waals surface area contributed by atoms with Gasteiger partial charge in [-0.1, -0.05) is 18.2 Å². The van der Waals surface area contributed by atoms with E-state index in [0.717, 1.165) is 31.8 Å². The van der Waals surface area contributed by atoms with Gasteiger partial charge in [-0.15, -0.1) is 0 Å². The van der Waals surface area contributed by atoms with Crippen LogP contribution in [0.15, 0.2) is 30.3 Å². The lowest BCUT2D eigenvalue weighted by molar-refractivity contribution is -0.135. The molecule has 1 aromatic carbocycles. The van der Waals surface area contributed by atoms with Crippen molar-refractivity contribution in [1.29, 1.82) is 0 Å². The predicted octanol–water partition coefficient (Wildman–Crippen LogP) is 2.01. The summed E-state index contributed by atoms with van der Waals surface area (Å²) in [5.74, 6) is 1.12. The average molecular weight is 276 g/mol. The molecule has 0 aromatic heterocycles. The van der Waals surface area contributed by atoms with E-state index in [-0.39, 0.29) is 5.91 Å². The molecule has 4 nitrogen and oxygen atoms in total. The van der Waals surface area contributed by atoms with Crippen LogP contribution in [0.1, 0.15) is 19.8 Å². The molecule has 2 rings (SSSR count). The largest absolute Gasteiger partial charge is 0.494 e. The Hall–Kier alpha value is -1.55. The second-order valence-corrected chi connectivity index (χ2v) is 5.46. The van der Waals surface area contributed by atoms with Gasteiger partial charge in [0.15, 0.2) is 0 Å². The van der Waals surface area contributed by atoms with Crippen LogP contribution < -0.4 is 4.74 Å². The molecule has 0 bridgehead atoms. The number of hydrogen-bond donors (Lipinski definition) is 0. The van der Waals surface area contributed by atoms with Crippen LogP contribution in [0.4, 0.5) is 0 Å². The quantitative estimate of drug-likeness (QED) is 0.771. The van der Waals surface area contributed by atoms with E-state index in [2.05, 4.69) is 18.9 Å². The number of amides is 1. The Morgan fingerprint density at radius 1 is 1.30 bits per heavy atom. The Balaban J connectivity index is 1.67. The third kappa shape index (κ3) is 4.23. The zero-order valence-corrected chi connectivity index (χ0v) is 12.4. The van der Waals surface area contributed by atoms with Crippen molar-refractivity contribution >= 4 is 5.91 Å². The van der Waals surface area contributed by atoms with E-state index in [1.807, 2.05) is 35.2 Å². The van der Waals surface area contributed by atoms with E-state index in [1.54, 1.807) is 0 Å². The minimum atomic E-state index is 0.252. The SMILES string of the molecule is CC1CN(C)CCN1C(=O)CCCOc1ccccc1. The van der Waals surface area contributed by atoms with Crippen LogP contribution in [0.3, 0.4) is 0 Å². The number of rotatable bonds is 5. The highest BCUT2D eigenvalue weighted by Gasteiger charge is 2.24. The molecule has 0 saturated carbocycles. The molecule has 1 saturated heterocycles. The van der Waals surface area contributed by atoms with Gasteiger partial charge in [0.05, 0.1) is 6.61 Å². The summed E-state index contributed by atoms with van der Waals surface area (Å²) >= 11 is 0. The van der Waals surface area contributed by atoms with E-state index in [0.29, 0.717) is 19.1 Å². The molecule has 1 aliphatic rings. The number of para-hydroxylation sites is 1. The third-order valence-corrected chi connectivity index (χ3v) is 3.70. The zero-order chi connectivity index (χ0) is 14.4. The predicted molar refractivity (Wildman–Crippen MR) is 79.8 cm³/mol. The number of carbonyl (C=O) groups excluding carboxylic acids is 1. The van der Waals surface area contributed by atoms with Crippen molar-refractivity contribution in [2.45, 2.75) is 25.8 Å². The molecule has 20 heavy (non-hydrogen) atoms. The second kappa shape index (κ2) is 7.29. The molecular weight excluding hydrogens is 252 g/mol. The van der Waals surface area contributed by atoms with Gasteiger partial charge in [0.1, 0.15) is 5.75 Å². The second-order valence-electron chi connectivity index (χ2n) is 5.46. The zero-order valence-electron chi connectivity index (χ0n) is 12.4. The average Bonchev–Trinajstić information content (AvgIpc) is 2.44. The highest BCUT2D eigenvalue weighted by Crippen LogP contribution is 2.12. The standard InChI is InChI=1S/C16H24N2O2/c1-14-13-17(2)10-11-18(14)16(19)9-6-12-20-15-7-4-3-5-8-15/h3-5,7-8,14H,6,9-13H2,1-2H3. The molecule has 0 N–H and O–H groups in total. The highest BCUT2D eigenvalue weighted by atomic mass is 16.5. The van der Waals surface area contributed by atoms with E-state index in [4.69, 9.17) is 4.74 Å². The first-order valence-corrected chi connectivity index (χ1v) is 7.32. The number of nitrogens with zero attached hydrogens (tertiary/aromatic N) is 2. The van der Waals surface area contributed by atoms with E-state index < -0.39 is 0 Å². The Morgan fingerprint density at radius 3 is 2.75 bits per heavy atom. The van der Waals surface area contributed by atoms with Gasteiger partial charge in [-0.3, -0.25) is 4.79 Å². The lowest BCUT2D eigenvalue weighted by atomic mass is 10.1. The molecule has 4 heteroatoms. The molecule has 0 spiro atoms. The van der Waals surface area contributed by atoms with E-state index >= 15 is 0 Å². The molecule has 1 heterocycles. The maximum absolute atomic E-state index is 12.2. The molecule has 1 amide bonds. The van der Waals surface area contributed by atoms with Gasteiger partial charge in [-0.05, 0) is 32.5 Å². The van der Waals surface area contributed by atoms with Gasteiger partial charge in [-0.2, -0.15) is 0 Å². The number of ether oxygens (including phenoxy) is 1. The fraction of sp³-hybridized carbons (Fsp3) is 0.562. The van der Waals surface area contributed by atoms with Crippen LogP contribution in [-0.4, -0.2) is 55.0 Å². The molecule has 1 aromatic rings. The molecular formula is C16H24N2O2. The molecule has 0 radical (unpaired) electrons. The van der Waals surface area contributed by atoms with Gasteiger partial charge in [-0.25, -0.2) is 0 Å². The van der Waals surface area contributed by atoms with Crippen LogP contribution in [0, 0.1) is 0 Å². The van der Waals surface area contributed by atoms with Crippen molar-refractivity contribution in [2.24, 2.45) is 0 Å². The molecule has 1 unspecified atom stereocenters. The number of piperazine rings is 1. The Labute approximate surface area is 121 Å². The van der Waals surface area contributed by atoms with Crippen LogP contribution in [0.25, 0.3) is 0 Å². The molecule has 1 aliphatic heterocycles. The van der Waals surface area contributed by atoms with Crippen LogP contribution in [0.2, 0.25) is 0 Å². The first kappa shape index (κ1) is 14.9. The van der Waals surface area contributed by atoms with Crippen molar-refractivity contribution in [1.82, 2.24) is 9.80 Å². The summed E-state index contributed by atoms with van der Waals surface area (Å²) in [7, 11) is 2.10. The topological polar surface area (TPSA) is 32.8 Å². The summed E-state index contributed by atoms with van der Waals surface area (Å²) < 4.78 is 5.61. The van der Waals surface area contributed by atoms with E-state index in [9.17, 15) is 4.79 Å². The fourth-order valence-electron chi connectivity index (χ4n) is 2.58. The smallest absolute Gasteiger partial charge is 0.223 e. The Morgan fingerprint density at radius 2 is 2.05 bits per heavy atom. The van der Waals surface area contributed by atoms with Crippen molar-refractivity contribution < 1.29 is 9.53 Å². The first-order chi connectivity index (χ1) is 9.66. The fourth-order valence-corrected chi connectivity index (χ4v) is 2.58. The normalized spacial score (nSPS) is 19.9. The molecule has 110 valence electrons. The maximum atomic E-state index is 12.2. The van der Waals surface area contributed by atoms with Crippen molar-refractivity contribution in [2.75, 3.05) is 33.3 Å². The van der Waals surface area contributed by atoms with Crippen molar-refractivity contribution in [3.05, 3.63) is 30.3 Å². The van der Waals surface area contributed by atoms with Gasteiger partial charge in [0.25, 0.3) is 0 Å².